The van der Waals surface area contributed by atoms with Crippen LogP contribution in [0.15, 0.2) is 97.3 Å². The monoisotopic (exact) mass is 402 g/mol. The highest BCUT2D eigenvalue weighted by Gasteiger charge is 2.07. The molecule has 0 aliphatic carbocycles. The highest BCUT2D eigenvalue weighted by atomic mass is 35.5. The molecule has 0 saturated carbocycles. The standard InChI is InChI=1S/C13H11NO2.C11H8ClN/c1-16-13(15)12-9-11(7-8-14-12)10-5-3-2-4-6-10;12-11-8-10(6-7-13-11)9-4-2-1-3-5-9/h2-9H,1H3;1-8H. The Kier molecular flexibility index (Phi) is 7.09. The van der Waals surface area contributed by atoms with Crippen molar-refractivity contribution in [1.29, 1.82) is 0 Å². The summed E-state index contributed by atoms with van der Waals surface area (Å²) >= 11 is 5.78. The summed E-state index contributed by atoms with van der Waals surface area (Å²) in [5.74, 6) is -0.419. The Bertz CT molecular complexity index is 1070. The third kappa shape index (κ3) is 5.74. The predicted octanol–water partition coefficient (Wildman–Crippen LogP) is 5.94. The van der Waals surface area contributed by atoms with E-state index in [-0.39, 0.29) is 0 Å². The minimum Gasteiger partial charge on any atom is -0.464 e. The molecule has 4 aromatic rings. The fourth-order valence-electron chi connectivity index (χ4n) is 2.67. The van der Waals surface area contributed by atoms with Gasteiger partial charge in [0.1, 0.15) is 10.8 Å². The summed E-state index contributed by atoms with van der Waals surface area (Å²) in [6.07, 6.45) is 3.32. The van der Waals surface area contributed by atoms with E-state index in [4.69, 9.17) is 11.6 Å². The van der Waals surface area contributed by atoms with E-state index in [2.05, 4.69) is 14.7 Å². The summed E-state index contributed by atoms with van der Waals surface area (Å²) in [6, 6.07) is 27.3. The van der Waals surface area contributed by atoms with Gasteiger partial charge in [0.05, 0.1) is 7.11 Å². The normalized spacial score (nSPS) is 9.86. The minimum atomic E-state index is -0.419. The molecule has 2 heterocycles. The van der Waals surface area contributed by atoms with Crippen molar-refractivity contribution in [3.05, 3.63) is 108 Å². The zero-order valence-corrected chi connectivity index (χ0v) is 16.6. The van der Waals surface area contributed by atoms with Crippen LogP contribution in [0.4, 0.5) is 0 Å². The van der Waals surface area contributed by atoms with Crippen LogP contribution < -0.4 is 0 Å². The van der Waals surface area contributed by atoms with Crippen molar-refractivity contribution < 1.29 is 9.53 Å². The van der Waals surface area contributed by atoms with Gasteiger partial charge in [-0.15, -0.1) is 0 Å². The summed E-state index contributed by atoms with van der Waals surface area (Å²) in [7, 11) is 1.35. The molecule has 0 saturated heterocycles. The zero-order valence-electron chi connectivity index (χ0n) is 15.8. The van der Waals surface area contributed by atoms with Crippen molar-refractivity contribution in [2.75, 3.05) is 7.11 Å². The molecule has 0 atom stereocenters. The molecule has 0 aliphatic rings. The number of ether oxygens (including phenoxy) is 1. The maximum atomic E-state index is 11.3. The number of methoxy groups -OCH3 is 1. The van der Waals surface area contributed by atoms with E-state index in [1.54, 1.807) is 18.5 Å². The van der Waals surface area contributed by atoms with Crippen LogP contribution in [0, 0.1) is 0 Å². The molecule has 0 N–H and O–H groups in total. The third-order valence-corrected chi connectivity index (χ3v) is 4.30. The molecular weight excluding hydrogens is 384 g/mol. The van der Waals surface area contributed by atoms with E-state index in [0.29, 0.717) is 10.8 Å². The lowest BCUT2D eigenvalue weighted by atomic mass is 10.1. The Morgan fingerprint density at radius 3 is 1.76 bits per heavy atom. The van der Waals surface area contributed by atoms with Gasteiger partial charge in [0, 0.05) is 12.4 Å². The van der Waals surface area contributed by atoms with E-state index in [1.165, 1.54) is 7.11 Å². The van der Waals surface area contributed by atoms with E-state index >= 15 is 0 Å². The van der Waals surface area contributed by atoms with Crippen molar-refractivity contribution >= 4 is 17.6 Å². The number of benzene rings is 2. The van der Waals surface area contributed by atoms with Gasteiger partial charge in [-0.05, 0) is 46.5 Å². The van der Waals surface area contributed by atoms with E-state index < -0.39 is 5.97 Å². The van der Waals surface area contributed by atoms with Gasteiger partial charge < -0.3 is 4.74 Å². The highest BCUT2D eigenvalue weighted by Crippen LogP contribution is 2.20. The molecule has 29 heavy (non-hydrogen) atoms. The highest BCUT2D eigenvalue weighted by molar-refractivity contribution is 6.29. The van der Waals surface area contributed by atoms with Gasteiger partial charge in [-0.3, -0.25) is 0 Å². The molecule has 0 radical (unpaired) electrons. The molecule has 0 spiro atoms. The summed E-state index contributed by atoms with van der Waals surface area (Å²) < 4.78 is 4.63. The van der Waals surface area contributed by atoms with E-state index in [9.17, 15) is 4.79 Å². The number of esters is 1. The van der Waals surface area contributed by atoms with Crippen LogP contribution in [0.2, 0.25) is 5.15 Å². The second-order valence-electron chi connectivity index (χ2n) is 6.02. The fourth-order valence-corrected chi connectivity index (χ4v) is 2.84. The van der Waals surface area contributed by atoms with Gasteiger partial charge in [-0.2, -0.15) is 0 Å². The van der Waals surface area contributed by atoms with Crippen molar-refractivity contribution in [1.82, 2.24) is 9.97 Å². The van der Waals surface area contributed by atoms with Crippen molar-refractivity contribution in [2.45, 2.75) is 0 Å². The lowest BCUT2D eigenvalue weighted by molar-refractivity contribution is 0.0594. The average Bonchev–Trinajstić information content (AvgIpc) is 2.80. The number of nitrogens with zero attached hydrogens (tertiary/aromatic N) is 2. The smallest absolute Gasteiger partial charge is 0.356 e. The molecule has 0 bridgehead atoms. The van der Waals surface area contributed by atoms with Gasteiger partial charge in [0.15, 0.2) is 0 Å². The van der Waals surface area contributed by atoms with Gasteiger partial charge in [-0.25, -0.2) is 14.8 Å². The maximum absolute atomic E-state index is 11.3. The molecule has 0 unspecified atom stereocenters. The largest absolute Gasteiger partial charge is 0.464 e. The number of pyridine rings is 2. The van der Waals surface area contributed by atoms with Crippen LogP contribution in [-0.4, -0.2) is 23.0 Å². The first-order valence-corrected chi connectivity index (χ1v) is 9.32. The van der Waals surface area contributed by atoms with Crippen LogP contribution in [-0.2, 0) is 4.74 Å². The van der Waals surface area contributed by atoms with Crippen molar-refractivity contribution in [3.63, 3.8) is 0 Å². The summed E-state index contributed by atoms with van der Waals surface area (Å²) in [5, 5.41) is 0.529. The SMILES string of the molecule is COC(=O)c1cc(-c2ccccc2)ccn1.Clc1cc(-c2ccccc2)ccn1. The minimum absolute atomic E-state index is 0.323. The van der Waals surface area contributed by atoms with Gasteiger partial charge in [0.25, 0.3) is 0 Å². The first kappa shape index (κ1) is 20.2. The van der Waals surface area contributed by atoms with Gasteiger partial charge in [-0.1, -0.05) is 72.3 Å². The van der Waals surface area contributed by atoms with Crippen LogP contribution in [0.5, 0.6) is 0 Å². The van der Waals surface area contributed by atoms with E-state index in [1.807, 2.05) is 78.9 Å². The molecule has 4 nitrogen and oxygen atoms in total. The molecule has 2 aromatic heterocycles. The third-order valence-electron chi connectivity index (χ3n) is 4.10. The molecule has 0 aliphatic heterocycles. The lowest BCUT2D eigenvalue weighted by Crippen LogP contribution is -2.03. The summed E-state index contributed by atoms with van der Waals surface area (Å²) in [4.78, 5) is 19.2. The number of hydrogen-bond donors (Lipinski definition) is 0. The topological polar surface area (TPSA) is 52.1 Å². The van der Waals surface area contributed by atoms with Gasteiger partial charge >= 0.3 is 5.97 Å². The summed E-state index contributed by atoms with van der Waals surface area (Å²) in [6.45, 7) is 0. The Morgan fingerprint density at radius 1 is 0.724 bits per heavy atom. The second kappa shape index (κ2) is 10.2. The first-order chi connectivity index (χ1) is 14.2. The number of carbonyl (C=O) groups is 1. The van der Waals surface area contributed by atoms with E-state index in [0.717, 1.165) is 22.3 Å². The van der Waals surface area contributed by atoms with Crippen LogP contribution in [0.1, 0.15) is 10.5 Å². The Hall–Kier alpha value is -3.50. The molecule has 5 heteroatoms. The molecule has 144 valence electrons. The lowest BCUT2D eigenvalue weighted by Gasteiger charge is -2.03. The number of hydrogen-bond acceptors (Lipinski definition) is 4. The first-order valence-electron chi connectivity index (χ1n) is 8.94. The van der Waals surface area contributed by atoms with Crippen LogP contribution >= 0.6 is 11.6 Å². The fraction of sp³-hybridized carbons (Fsp3) is 0.0417. The zero-order chi connectivity index (χ0) is 20.5. The van der Waals surface area contributed by atoms with Crippen LogP contribution in [0.25, 0.3) is 22.3 Å². The number of aromatic nitrogens is 2. The van der Waals surface area contributed by atoms with Gasteiger partial charge in [0.2, 0.25) is 0 Å². The molecule has 0 fully saturated rings. The predicted molar refractivity (Wildman–Crippen MR) is 116 cm³/mol. The molecule has 2 aromatic carbocycles. The Balaban J connectivity index is 0.000000169. The molecule has 0 amide bonds. The second-order valence-corrected chi connectivity index (χ2v) is 6.41. The Morgan fingerprint density at radius 2 is 1.24 bits per heavy atom. The maximum Gasteiger partial charge on any atom is 0.356 e. The quantitative estimate of drug-likeness (QED) is 0.314. The summed E-state index contributed by atoms with van der Waals surface area (Å²) in [5.41, 5.74) is 4.59. The Labute approximate surface area is 174 Å². The number of carbonyl (C=O) groups excluding carboxylic acids is 1. The number of rotatable bonds is 3. The van der Waals surface area contributed by atoms with Crippen molar-refractivity contribution in [2.24, 2.45) is 0 Å². The molecule has 4 rings (SSSR count). The average molecular weight is 403 g/mol. The van der Waals surface area contributed by atoms with Crippen molar-refractivity contribution in [3.8, 4) is 22.3 Å². The van der Waals surface area contributed by atoms with Crippen LogP contribution in [0.3, 0.4) is 0 Å². The molecular formula is C24H19ClN2O2. The number of halogens is 1.